The van der Waals surface area contributed by atoms with Gasteiger partial charge in [0.15, 0.2) is 0 Å². The smallest absolute Gasteiger partial charge is 0.242 e. The Labute approximate surface area is 141 Å². The second-order valence-corrected chi connectivity index (χ2v) is 6.16. The van der Waals surface area contributed by atoms with E-state index >= 15 is 0 Å². The number of anilines is 1. The highest BCUT2D eigenvalue weighted by Gasteiger charge is 2.50. The molecule has 6 heteroatoms. The molecule has 2 amide bonds. The number of hydrogen-bond donors (Lipinski definition) is 3. The molecule has 6 nitrogen and oxygen atoms in total. The fraction of sp³-hybridized carbons (Fsp3) is 0.389. The van der Waals surface area contributed by atoms with Crippen LogP contribution < -0.4 is 10.6 Å². The average molecular weight is 326 g/mol. The van der Waals surface area contributed by atoms with Gasteiger partial charge in [-0.25, -0.2) is 4.98 Å². The lowest BCUT2D eigenvalue weighted by molar-refractivity contribution is -0.146. The van der Waals surface area contributed by atoms with Crippen molar-refractivity contribution in [1.82, 2.24) is 15.3 Å². The van der Waals surface area contributed by atoms with Gasteiger partial charge >= 0.3 is 0 Å². The van der Waals surface area contributed by atoms with E-state index in [-0.39, 0.29) is 11.8 Å². The van der Waals surface area contributed by atoms with Crippen molar-refractivity contribution < 1.29 is 9.59 Å². The molecule has 126 valence electrons. The quantitative estimate of drug-likeness (QED) is 0.738. The molecular weight excluding hydrogens is 304 g/mol. The first-order chi connectivity index (χ1) is 11.6. The molecular formula is C18H22N4O2. The van der Waals surface area contributed by atoms with Gasteiger partial charge < -0.3 is 10.3 Å². The van der Waals surface area contributed by atoms with Crippen LogP contribution in [-0.2, 0) is 16.0 Å². The molecule has 0 aliphatic heterocycles. The number of nitrogens with zero attached hydrogens (tertiary/aromatic N) is 1. The summed E-state index contributed by atoms with van der Waals surface area (Å²) in [7, 11) is 1.56. The summed E-state index contributed by atoms with van der Waals surface area (Å²) in [6.07, 6.45) is 4.71. The lowest BCUT2D eigenvalue weighted by Crippen LogP contribution is -2.52. The molecule has 0 bridgehead atoms. The molecule has 0 unspecified atom stereocenters. The summed E-state index contributed by atoms with van der Waals surface area (Å²) in [5.41, 5.74) is 2.15. The zero-order valence-electron chi connectivity index (χ0n) is 14.0. The number of amides is 2. The minimum atomic E-state index is -0.954. The van der Waals surface area contributed by atoms with Gasteiger partial charge in [-0.3, -0.25) is 14.9 Å². The molecule has 1 aliphatic rings. The normalized spacial score (nSPS) is 15.4. The highest BCUT2D eigenvalue weighted by molar-refractivity contribution is 6.10. The number of nitrogens with one attached hydrogen (secondary N) is 3. The van der Waals surface area contributed by atoms with Crippen LogP contribution in [0.3, 0.4) is 0 Å². The Morgan fingerprint density at radius 1 is 1.21 bits per heavy atom. The van der Waals surface area contributed by atoms with Gasteiger partial charge in [-0.1, -0.05) is 37.6 Å². The number of aryl methyl sites for hydroxylation is 1. The van der Waals surface area contributed by atoms with Crippen molar-refractivity contribution >= 4 is 17.8 Å². The van der Waals surface area contributed by atoms with Gasteiger partial charge in [-0.05, 0) is 30.4 Å². The zero-order chi connectivity index (χ0) is 17.2. The maximum Gasteiger partial charge on any atom is 0.242 e. The minimum Gasteiger partial charge on any atom is -0.358 e. The summed E-state index contributed by atoms with van der Waals surface area (Å²) < 4.78 is 0. The van der Waals surface area contributed by atoms with E-state index in [1.165, 1.54) is 5.56 Å². The molecule has 24 heavy (non-hydrogen) atoms. The number of rotatable bonds is 5. The summed E-state index contributed by atoms with van der Waals surface area (Å²) >= 11 is 0. The number of hydrogen-bond acceptors (Lipinski definition) is 3. The van der Waals surface area contributed by atoms with Gasteiger partial charge in [-0.2, -0.15) is 0 Å². The van der Waals surface area contributed by atoms with Gasteiger partial charge in [0.25, 0.3) is 0 Å². The van der Waals surface area contributed by atoms with Crippen molar-refractivity contribution in [2.75, 3.05) is 12.4 Å². The first kappa shape index (κ1) is 16.2. The Kier molecular flexibility index (Phi) is 4.38. The Balaban J connectivity index is 1.73. The van der Waals surface area contributed by atoms with Crippen molar-refractivity contribution in [3.05, 3.63) is 36.0 Å². The Morgan fingerprint density at radius 2 is 1.92 bits per heavy atom. The topological polar surface area (TPSA) is 86.9 Å². The van der Waals surface area contributed by atoms with Crippen LogP contribution in [0.15, 0.2) is 30.5 Å². The Hall–Kier alpha value is -2.63. The number of carbonyl (C=O) groups is 2. The predicted molar refractivity (Wildman–Crippen MR) is 92.4 cm³/mol. The molecule has 3 N–H and O–H groups in total. The van der Waals surface area contributed by atoms with Crippen LogP contribution in [0.1, 0.15) is 31.7 Å². The zero-order valence-corrected chi connectivity index (χ0v) is 14.0. The van der Waals surface area contributed by atoms with Gasteiger partial charge in [0.2, 0.25) is 17.8 Å². The van der Waals surface area contributed by atoms with Gasteiger partial charge in [-0.15, -0.1) is 0 Å². The monoisotopic (exact) mass is 326 g/mol. The maximum atomic E-state index is 12.5. The first-order valence-electron chi connectivity index (χ1n) is 8.27. The molecule has 2 aromatic rings. The second kappa shape index (κ2) is 6.47. The number of aromatic amines is 1. The lowest BCUT2D eigenvalue weighted by Gasteiger charge is -2.37. The molecule has 0 radical (unpaired) electrons. The Bertz CT molecular complexity index is 745. The molecule has 1 aromatic carbocycles. The van der Waals surface area contributed by atoms with Crippen LogP contribution in [0.2, 0.25) is 0 Å². The third-order valence-electron chi connectivity index (χ3n) is 4.78. The third kappa shape index (κ3) is 2.79. The van der Waals surface area contributed by atoms with Crippen LogP contribution in [0, 0.1) is 5.41 Å². The van der Waals surface area contributed by atoms with Gasteiger partial charge in [0.05, 0.1) is 11.9 Å². The van der Waals surface area contributed by atoms with Gasteiger partial charge in [0, 0.05) is 7.05 Å². The number of benzene rings is 1. The third-order valence-corrected chi connectivity index (χ3v) is 4.78. The number of H-pyrrole nitrogens is 1. The molecule has 0 atom stereocenters. The van der Waals surface area contributed by atoms with Crippen molar-refractivity contribution in [3.8, 4) is 11.3 Å². The van der Waals surface area contributed by atoms with Crippen LogP contribution in [-0.4, -0.2) is 28.8 Å². The van der Waals surface area contributed by atoms with E-state index < -0.39 is 5.41 Å². The fourth-order valence-electron chi connectivity index (χ4n) is 3.01. The molecule has 1 aliphatic carbocycles. The summed E-state index contributed by atoms with van der Waals surface area (Å²) in [6.45, 7) is 2.11. The molecule has 0 saturated heterocycles. The number of aromatic nitrogens is 2. The summed E-state index contributed by atoms with van der Waals surface area (Å²) in [6, 6.07) is 8.19. The second-order valence-electron chi connectivity index (χ2n) is 6.16. The van der Waals surface area contributed by atoms with Gasteiger partial charge in [0.1, 0.15) is 5.41 Å². The van der Waals surface area contributed by atoms with Crippen molar-refractivity contribution in [2.45, 2.75) is 32.6 Å². The van der Waals surface area contributed by atoms with E-state index in [1.54, 1.807) is 13.2 Å². The molecule has 0 spiro atoms. The average Bonchev–Trinajstić information content (AvgIpc) is 3.02. The van der Waals surface area contributed by atoms with E-state index in [9.17, 15) is 9.59 Å². The molecule has 3 rings (SSSR count). The Morgan fingerprint density at radius 3 is 2.46 bits per heavy atom. The summed E-state index contributed by atoms with van der Waals surface area (Å²) in [5.74, 6) is -0.159. The van der Waals surface area contributed by atoms with Crippen LogP contribution in [0.5, 0.6) is 0 Å². The van der Waals surface area contributed by atoms with Crippen molar-refractivity contribution in [3.63, 3.8) is 0 Å². The summed E-state index contributed by atoms with van der Waals surface area (Å²) in [4.78, 5) is 31.9. The first-order valence-corrected chi connectivity index (χ1v) is 8.27. The molecule has 1 aromatic heterocycles. The molecule has 1 fully saturated rings. The van der Waals surface area contributed by atoms with Crippen LogP contribution >= 0.6 is 0 Å². The van der Waals surface area contributed by atoms with Crippen LogP contribution in [0.4, 0.5) is 5.95 Å². The highest BCUT2D eigenvalue weighted by Crippen LogP contribution is 2.42. The lowest BCUT2D eigenvalue weighted by atomic mass is 9.67. The van der Waals surface area contributed by atoms with Crippen molar-refractivity contribution in [2.24, 2.45) is 5.41 Å². The molecule has 1 saturated carbocycles. The number of carbonyl (C=O) groups excluding carboxylic acids is 2. The largest absolute Gasteiger partial charge is 0.358 e. The minimum absolute atomic E-state index is 0.229. The SMILES string of the molecule is CCc1ccc(-c2cnc(NC(=O)C3(C(=O)NC)CCC3)[nH]2)cc1. The number of imidazole rings is 1. The maximum absolute atomic E-state index is 12.5. The van der Waals surface area contributed by atoms with E-state index in [2.05, 4.69) is 39.7 Å². The standard InChI is InChI=1S/C18H22N4O2/c1-3-12-5-7-13(8-6-12)14-11-20-17(21-14)22-16(24)18(9-4-10-18)15(23)19-2/h5-8,11H,3-4,9-10H2,1-2H3,(H,19,23)(H2,20,21,22,24). The highest BCUT2D eigenvalue weighted by atomic mass is 16.2. The summed E-state index contributed by atoms with van der Waals surface area (Å²) in [5, 5.41) is 5.33. The van der Waals surface area contributed by atoms with E-state index in [0.29, 0.717) is 18.8 Å². The van der Waals surface area contributed by atoms with Crippen molar-refractivity contribution in [1.29, 1.82) is 0 Å². The van der Waals surface area contributed by atoms with E-state index in [0.717, 1.165) is 24.1 Å². The van der Waals surface area contributed by atoms with E-state index in [1.807, 2.05) is 12.1 Å². The molecule has 1 heterocycles. The predicted octanol–water partition coefficient (Wildman–Crippen LogP) is 2.49. The van der Waals surface area contributed by atoms with E-state index in [4.69, 9.17) is 0 Å². The fourth-order valence-corrected chi connectivity index (χ4v) is 3.01. The van der Waals surface area contributed by atoms with Crippen LogP contribution in [0.25, 0.3) is 11.3 Å².